The van der Waals surface area contributed by atoms with Gasteiger partial charge in [-0.2, -0.15) is 0 Å². The molecular weight excluding hydrogens is 290 g/mol. The molecule has 5 nitrogen and oxygen atoms in total. The number of likely N-dealkylation sites (N-methyl/N-ethyl adjacent to an activating group) is 1. The second-order valence-electron chi connectivity index (χ2n) is 7.39. The van der Waals surface area contributed by atoms with Crippen LogP contribution in [-0.4, -0.2) is 61.3 Å². The van der Waals surface area contributed by atoms with E-state index in [1.54, 1.807) is 0 Å². The van der Waals surface area contributed by atoms with Gasteiger partial charge in [-0.05, 0) is 50.5 Å². The highest BCUT2D eigenvalue weighted by Gasteiger charge is 2.51. The monoisotopic (exact) mass is 315 g/mol. The first-order chi connectivity index (χ1) is 11.0. The number of amides is 1. The van der Waals surface area contributed by atoms with E-state index in [4.69, 9.17) is 0 Å². The van der Waals surface area contributed by atoms with E-state index in [2.05, 4.69) is 16.3 Å². The topological polar surface area (TPSA) is 55.8 Å². The predicted octanol–water partition coefficient (Wildman–Crippen LogP) is 0.721. The fourth-order valence-electron chi connectivity index (χ4n) is 4.57. The molecule has 0 aliphatic carbocycles. The first kappa shape index (κ1) is 15.1. The van der Waals surface area contributed by atoms with Crippen molar-refractivity contribution >= 4 is 11.6 Å². The summed E-state index contributed by atoms with van der Waals surface area (Å²) in [6, 6.07) is 8.19. The quantitative estimate of drug-likeness (QED) is 0.844. The van der Waals surface area contributed by atoms with E-state index in [1.165, 1.54) is 5.56 Å². The van der Waals surface area contributed by atoms with Gasteiger partial charge in [0.15, 0.2) is 0 Å². The van der Waals surface area contributed by atoms with Crippen molar-refractivity contribution in [2.45, 2.75) is 30.3 Å². The first-order valence-corrected chi connectivity index (χ1v) is 8.57. The van der Waals surface area contributed by atoms with Crippen LogP contribution >= 0.6 is 0 Å². The maximum Gasteiger partial charge on any atom is 0.237 e. The zero-order valence-corrected chi connectivity index (χ0v) is 13.7. The SMILES string of the molecule is CN1C(=O)C2(CCN(C[C@]3(O)CCNC3)CC2)c2ccccc21. The lowest BCUT2D eigenvalue weighted by molar-refractivity contribution is -0.124. The number of carbonyl (C=O) groups is 1. The highest BCUT2D eigenvalue weighted by Crippen LogP contribution is 2.47. The van der Waals surface area contributed by atoms with Gasteiger partial charge in [-0.25, -0.2) is 0 Å². The molecule has 2 N–H and O–H groups in total. The molecule has 124 valence electrons. The summed E-state index contributed by atoms with van der Waals surface area (Å²) in [5, 5.41) is 13.8. The minimum absolute atomic E-state index is 0.236. The Morgan fingerprint density at radius 1 is 1.22 bits per heavy atom. The molecule has 4 rings (SSSR count). The van der Waals surface area contributed by atoms with Gasteiger partial charge in [0.2, 0.25) is 5.91 Å². The lowest BCUT2D eigenvalue weighted by Crippen LogP contribution is -2.52. The molecule has 0 aromatic heterocycles. The number of para-hydroxylation sites is 1. The first-order valence-electron chi connectivity index (χ1n) is 8.57. The largest absolute Gasteiger partial charge is 0.387 e. The number of piperidine rings is 1. The van der Waals surface area contributed by atoms with E-state index in [0.717, 1.165) is 44.6 Å². The molecule has 1 aromatic rings. The Balaban J connectivity index is 1.52. The van der Waals surface area contributed by atoms with Crippen molar-refractivity contribution in [2.75, 3.05) is 44.7 Å². The Kier molecular flexibility index (Phi) is 3.48. The van der Waals surface area contributed by atoms with Crippen LogP contribution in [-0.2, 0) is 10.2 Å². The van der Waals surface area contributed by atoms with Gasteiger partial charge in [-0.1, -0.05) is 18.2 Å². The molecule has 0 radical (unpaired) electrons. The third-order valence-electron chi connectivity index (χ3n) is 5.94. The van der Waals surface area contributed by atoms with E-state index in [1.807, 2.05) is 30.1 Å². The summed E-state index contributed by atoms with van der Waals surface area (Å²) in [7, 11) is 1.88. The zero-order chi connectivity index (χ0) is 16.1. The maximum atomic E-state index is 12.9. The summed E-state index contributed by atoms with van der Waals surface area (Å²) in [6.45, 7) is 4.03. The summed E-state index contributed by atoms with van der Waals surface area (Å²) in [5.41, 5.74) is 1.30. The van der Waals surface area contributed by atoms with E-state index in [-0.39, 0.29) is 11.3 Å². The second-order valence-corrected chi connectivity index (χ2v) is 7.39. The number of nitrogens with one attached hydrogen (secondary N) is 1. The number of aliphatic hydroxyl groups is 1. The molecule has 23 heavy (non-hydrogen) atoms. The van der Waals surface area contributed by atoms with Crippen LogP contribution in [0.2, 0.25) is 0 Å². The smallest absolute Gasteiger partial charge is 0.237 e. The Labute approximate surface area is 137 Å². The third-order valence-corrected chi connectivity index (χ3v) is 5.94. The van der Waals surface area contributed by atoms with Crippen molar-refractivity contribution in [3.8, 4) is 0 Å². The van der Waals surface area contributed by atoms with Crippen LogP contribution in [0, 0.1) is 0 Å². The number of benzene rings is 1. The Morgan fingerprint density at radius 2 is 1.96 bits per heavy atom. The molecule has 1 spiro atoms. The van der Waals surface area contributed by atoms with Crippen LogP contribution in [0.4, 0.5) is 5.69 Å². The normalized spacial score (nSPS) is 30.2. The van der Waals surface area contributed by atoms with Crippen LogP contribution in [0.25, 0.3) is 0 Å². The summed E-state index contributed by atoms with van der Waals surface area (Å²) in [5.74, 6) is 0.236. The van der Waals surface area contributed by atoms with E-state index in [9.17, 15) is 9.90 Å². The molecule has 3 heterocycles. The molecule has 0 bridgehead atoms. The third kappa shape index (κ3) is 2.30. The maximum absolute atomic E-state index is 12.9. The van der Waals surface area contributed by atoms with Crippen molar-refractivity contribution in [1.29, 1.82) is 0 Å². The van der Waals surface area contributed by atoms with E-state index in [0.29, 0.717) is 13.1 Å². The van der Waals surface area contributed by atoms with Crippen molar-refractivity contribution in [3.63, 3.8) is 0 Å². The number of rotatable bonds is 2. The van der Waals surface area contributed by atoms with Crippen molar-refractivity contribution in [3.05, 3.63) is 29.8 Å². The molecule has 5 heteroatoms. The summed E-state index contributed by atoms with van der Waals surface area (Å²) < 4.78 is 0. The molecule has 3 aliphatic heterocycles. The lowest BCUT2D eigenvalue weighted by atomic mass is 9.73. The molecular formula is C18H25N3O2. The molecule has 3 aliphatic rings. The second kappa shape index (κ2) is 5.30. The van der Waals surface area contributed by atoms with Gasteiger partial charge < -0.3 is 20.2 Å². The number of likely N-dealkylation sites (tertiary alicyclic amines) is 1. The highest BCUT2D eigenvalue weighted by atomic mass is 16.3. The standard InChI is InChI=1S/C18H25N3O2/c1-20-15-5-3-2-4-14(15)18(16(20)22)7-10-21(11-8-18)13-17(23)6-9-19-12-17/h2-5,19,23H,6-13H2,1H3/t17-/m0/s1. The summed E-state index contributed by atoms with van der Waals surface area (Å²) in [4.78, 5) is 17.0. The fourth-order valence-corrected chi connectivity index (χ4v) is 4.57. The van der Waals surface area contributed by atoms with Crippen molar-refractivity contribution < 1.29 is 9.90 Å². The summed E-state index contributed by atoms with van der Waals surface area (Å²) >= 11 is 0. The minimum Gasteiger partial charge on any atom is -0.387 e. The van der Waals surface area contributed by atoms with Gasteiger partial charge in [-0.3, -0.25) is 4.79 Å². The molecule has 2 fully saturated rings. The number of fused-ring (bicyclic) bond motifs is 2. The number of hydrogen-bond donors (Lipinski definition) is 2. The number of hydrogen-bond acceptors (Lipinski definition) is 4. The van der Waals surface area contributed by atoms with Crippen LogP contribution in [0.5, 0.6) is 0 Å². The van der Waals surface area contributed by atoms with Gasteiger partial charge in [-0.15, -0.1) is 0 Å². The Bertz CT molecular complexity index is 616. The van der Waals surface area contributed by atoms with Crippen LogP contribution in [0.15, 0.2) is 24.3 Å². The van der Waals surface area contributed by atoms with Gasteiger partial charge in [0.1, 0.15) is 0 Å². The van der Waals surface area contributed by atoms with E-state index >= 15 is 0 Å². The zero-order valence-electron chi connectivity index (χ0n) is 13.7. The van der Waals surface area contributed by atoms with Gasteiger partial charge in [0.25, 0.3) is 0 Å². The van der Waals surface area contributed by atoms with Crippen LogP contribution in [0.1, 0.15) is 24.8 Å². The number of β-amino-alcohol motifs (C(OH)–C–C–N with tert-alkyl or cyclic N) is 1. The average Bonchev–Trinajstić information content (AvgIpc) is 3.07. The molecule has 1 amide bonds. The molecule has 1 aromatic carbocycles. The van der Waals surface area contributed by atoms with Crippen molar-refractivity contribution in [2.24, 2.45) is 0 Å². The average molecular weight is 315 g/mol. The fraction of sp³-hybridized carbons (Fsp3) is 0.611. The lowest BCUT2D eigenvalue weighted by Gasteiger charge is -2.40. The number of nitrogens with zero attached hydrogens (tertiary/aromatic N) is 2. The Morgan fingerprint density at radius 3 is 2.65 bits per heavy atom. The predicted molar refractivity (Wildman–Crippen MR) is 89.6 cm³/mol. The highest BCUT2D eigenvalue weighted by molar-refractivity contribution is 6.07. The van der Waals surface area contributed by atoms with Gasteiger partial charge in [0, 0.05) is 25.8 Å². The van der Waals surface area contributed by atoms with E-state index < -0.39 is 5.60 Å². The molecule has 0 saturated carbocycles. The summed E-state index contributed by atoms with van der Waals surface area (Å²) in [6.07, 6.45) is 2.51. The van der Waals surface area contributed by atoms with Crippen LogP contribution < -0.4 is 10.2 Å². The molecule has 1 atom stereocenters. The van der Waals surface area contributed by atoms with Gasteiger partial charge in [0.05, 0.1) is 11.0 Å². The number of anilines is 1. The van der Waals surface area contributed by atoms with Crippen molar-refractivity contribution in [1.82, 2.24) is 10.2 Å². The molecule has 2 saturated heterocycles. The van der Waals surface area contributed by atoms with Crippen LogP contribution in [0.3, 0.4) is 0 Å². The molecule has 0 unspecified atom stereocenters. The number of carbonyl (C=O) groups excluding carboxylic acids is 1. The van der Waals surface area contributed by atoms with Gasteiger partial charge >= 0.3 is 0 Å². The minimum atomic E-state index is -0.598. The Hall–Kier alpha value is -1.43.